The summed E-state index contributed by atoms with van der Waals surface area (Å²) in [6, 6.07) is 0. The molecule has 54 valence electrons. The molecule has 0 saturated heterocycles. The molecule has 0 spiro atoms. The van der Waals surface area contributed by atoms with Crippen LogP contribution in [0.15, 0.2) is 0 Å². The molecule has 0 aromatic heterocycles. The third-order valence-corrected chi connectivity index (χ3v) is 1.07. The van der Waals surface area contributed by atoms with Crippen LogP contribution >= 0.6 is 15.9 Å². The van der Waals surface area contributed by atoms with E-state index in [0.29, 0.717) is 6.42 Å². The van der Waals surface area contributed by atoms with Crippen LogP contribution in [0.3, 0.4) is 0 Å². The first-order chi connectivity index (χ1) is 4.16. The zero-order valence-electron chi connectivity index (χ0n) is 5.78. The standard InChI is InChI=1S/C6H12BrNO/c1-3-4-6(9)8-5(2)7/h5H,3-4H2,1-2H3,(H,8,9). The van der Waals surface area contributed by atoms with E-state index in [0.717, 1.165) is 6.42 Å². The van der Waals surface area contributed by atoms with Gasteiger partial charge in [-0.25, -0.2) is 0 Å². The minimum atomic E-state index is 0.0940. The molecule has 0 aliphatic carbocycles. The summed E-state index contributed by atoms with van der Waals surface area (Å²) in [7, 11) is 0. The second-order valence-corrected chi connectivity index (χ2v) is 3.31. The molecule has 0 saturated carbocycles. The summed E-state index contributed by atoms with van der Waals surface area (Å²) in [6.45, 7) is 3.87. The van der Waals surface area contributed by atoms with E-state index in [2.05, 4.69) is 21.2 Å². The van der Waals surface area contributed by atoms with Crippen molar-refractivity contribution in [2.24, 2.45) is 0 Å². The number of nitrogens with one attached hydrogen (secondary N) is 1. The summed E-state index contributed by atoms with van der Waals surface area (Å²) < 4.78 is 0. The van der Waals surface area contributed by atoms with Crippen LogP contribution in [0.1, 0.15) is 26.7 Å². The maximum absolute atomic E-state index is 10.7. The van der Waals surface area contributed by atoms with Gasteiger partial charge in [-0.3, -0.25) is 4.79 Å². The first kappa shape index (κ1) is 8.95. The molecule has 1 N–H and O–H groups in total. The topological polar surface area (TPSA) is 29.1 Å². The van der Waals surface area contributed by atoms with Gasteiger partial charge in [0.2, 0.25) is 5.91 Å². The monoisotopic (exact) mass is 193 g/mol. The van der Waals surface area contributed by atoms with Gasteiger partial charge in [-0.05, 0) is 13.3 Å². The van der Waals surface area contributed by atoms with Crippen molar-refractivity contribution in [3.8, 4) is 0 Å². The summed E-state index contributed by atoms with van der Waals surface area (Å²) in [6.07, 6.45) is 1.53. The predicted octanol–water partition coefficient (Wildman–Crippen LogP) is 1.64. The van der Waals surface area contributed by atoms with Crippen LogP contribution in [0.25, 0.3) is 0 Å². The Balaban J connectivity index is 3.27. The Kier molecular flexibility index (Phi) is 4.77. The smallest absolute Gasteiger partial charge is 0.220 e. The lowest BCUT2D eigenvalue weighted by Gasteiger charge is -2.04. The van der Waals surface area contributed by atoms with Crippen molar-refractivity contribution in [2.45, 2.75) is 31.6 Å². The maximum atomic E-state index is 10.7. The van der Waals surface area contributed by atoms with Crippen molar-refractivity contribution in [1.82, 2.24) is 5.32 Å². The molecule has 2 nitrogen and oxygen atoms in total. The van der Waals surface area contributed by atoms with Gasteiger partial charge >= 0.3 is 0 Å². The molecule has 0 aromatic rings. The Bertz CT molecular complexity index is 93.1. The fourth-order valence-corrected chi connectivity index (χ4v) is 0.776. The molecular weight excluding hydrogens is 182 g/mol. The van der Waals surface area contributed by atoms with Gasteiger partial charge in [0.05, 0.1) is 4.95 Å². The summed E-state index contributed by atoms with van der Waals surface area (Å²) in [5.41, 5.74) is 0. The van der Waals surface area contributed by atoms with Gasteiger partial charge in [0, 0.05) is 6.42 Å². The maximum Gasteiger partial charge on any atom is 0.220 e. The van der Waals surface area contributed by atoms with Crippen LogP contribution in [0, 0.1) is 0 Å². The highest BCUT2D eigenvalue weighted by molar-refractivity contribution is 9.09. The normalized spacial score (nSPS) is 12.8. The van der Waals surface area contributed by atoms with Gasteiger partial charge in [0.25, 0.3) is 0 Å². The SMILES string of the molecule is CCCC(=O)NC(C)Br. The number of amides is 1. The molecule has 0 aliphatic heterocycles. The van der Waals surface area contributed by atoms with Crippen LogP contribution < -0.4 is 5.32 Å². The van der Waals surface area contributed by atoms with Crippen LogP contribution in [-0.2, 0) is 4.79 Å². The molecule has 3 heteroatoms. The lowest BCUT2D eigenvalue weighted by molar-refractivity contribution is -0.121. The van der Waals surface area contributed by atoms with E-state index in [1.165, 1.54) is 0 Å². The Morgan fingerprint density at radius 1 is 1.78 bits per heavy atom. The number of alkyl halides is 1. The van der Waals surface area contributed by atoms with Crippen molar-refractivity contribution in [2.75, 3.05) is 0 Å². The van der Waals surface area contributed by atoms with Crippen LogP contribution in [0.2, 0.25) is 0 Å². The zero-order valence-corrected chi connectivity index (χ0v) is 7.36. The molecular formula is C6H12BrNO. The summed E-state index contributed by atoms with van der Waals surface area (Å²) in [5.74, 6) is 0.113. The minimum Gasteiger partial charge on any atom is -0.344 e. The van der Waals surface area contributed by atoms with Gasteiger partial charge in [-0.2, -0.15) is 0 Å². The fourth-order valence-electron chi connectivity index (χ4n) is 0.521. The highest BCUT2D eigenvalue weighted by Gasteiger charge is 2.00. The zero-order chi connectivity index (χ0) is 7.28. The van der Waals surface area contributed by atoms with E-state index in [1.54, 1.807) is 0 Å². The Morgan fingerprint density at radius 2 is 2.33 bits per heavy atom. The fraction of sp³-hybridized carbons (Fsp3) is 0.833. The molecule has 0 rings (SSSR count). The average molecular weight is 194 g/mol. The van der Waals surface area contributed by atoms with E-state index in [9.17, 15) is 4.79 Å². The summed E-state index contributed by atoms with van der Waals surface area (Å²) >= 11 is 3.21. The molecule has 0 bridgehead atoms. The Labute approximate surface area is 64.1 Å². The van der Waals surface area contributed by atoms with Crippen LogP contribution in [0.4, 0.5) is 0 Å². The van der Waals surface area contributed by atoms with E-state index in [1.807, 2.05) is 13.8 Å². The Hall–Kier alpha value is -0.0500. The van der Waals surface area contributed by atoms with E-state index < -0.39 is 0 Å². The van der Waals surface area contributed by atoms with Gasteiger partial charge < -0.3 is 5.32 Å². The second-order valence-electron chi connectivity index (χ2n) is 1.93. The third-order valence-electron chi connectivity index (χ3n) is 0.837. The number of carbonyl (C=O) groups is 1. The number of rotatable bonds is 3. The van der Waals surface area contributed by atoms with Crippen LogP contribution in [0.5, 0.6) is 0 Å². The van der Waals surface area contributed by atoms with Crippen molar-refractivity contribution in [3.05, 3.63) is 0 Å². The molecule has 1 atom stereocenters. The number of carbonyl (C=O) groups excluding carboxylic acids is 1. The van der Waals surface area contributed by atoms with Gasteiger partial charge in [0.1, 0.15) is 0 Å². The molecule has 0 heterocycles. The molecule has 0 fully saturated rings. The van der Waals surface area contributed by atoms with Gasteiger partial charge in [-0.1, -0.05) is 22.9 Å². The number of halogens is 1. The van der Waals surface area contributed by atoms with Gasteiger partial charge in [-0.15, -0.1) is 0 Å². The van der Waals surface area contributed by atoms with E-state index in [4.69, 9.17) is 0 Å². The molecule has 0 radical (unpaired) electrons. The number of hydrogen-bond donors (Lipinski definition) is 1. The van der Waals surface area contributed by atoms with Crippen molar-refractivity contribution in [3.63, 3.8) is 0 Å². The van der Waals surface area contributed by atoms with Crippen molar-refractivity contribution in [1.29, 1.82) is 0 Å². The van der Waals surface area contributed by atoms with Crippen LogP contribution in [-0.4, -0.2) is 10.9 Å². The molecule has 0 aromatic carbocycles. The number of hydrogen-bond acceptors (Lipinski definition) is 1. The molecule has 9 heavy (non-hydrogen) atoms. The quantitative estimate of drug-likeness (QED) is 0.537. The van der Waals surface area contributed by atoms with Crippen molar-refractivity contribution < 1.29 is 4.79 Å². The highest BCUT2D eigenvalue weighted by Crippen LogP contribution is 1.93. The largest absolute Gasteiger partial charge is 0.344 e. The third kappa shape index (κ3) is 5.83. The Morgan fingerprint density at radius 3 is 2.67 bits per heavy atom. The first-order valence-electron chi connectivity index (χ1n) is 3.10. The average Bonchev–Trinajstić information content (AvgIpc) is 1.63. The lowest BCUT2D eigenvalue weighted by Crippen LogP contribution is -2.27. The first-order valence-corrected chi connectivity index (χ1v) is 4.01. The summed E-state index contributed by atoms with van der Waals surface area (Å²) in [5, 5.41) is 2.72. The van der Waals surface area contributed by atoms with E-state index in [-0.39, 0.29) is 10.9 Å². The second kappa shape index (κ2) is 4.79. The highest BCUT2D eigenvalue weighted by atomic mass is 79.9. The molecule has 1 unspecified atom stereocenters. The summed E-state index contributed by atoms with van der Waals surface area (Å²) in [4.78, 5) is 10.8. The molecule has 0 aliphatic rings. The van der Waals surface area contributed by atoms with Gasteiger partial charge in [0.15, 0.2) is 0 Å². The molecule has 1 amide bonds. The van der Waals surface area contributed by atoms with E-state index >= 15 is 0 Å². The minimum absolute atomic E-state index is 0.0940. The lowest BCUT2D eigenvalue weighted by atomic mass is 10.3. The van der Waals surface area contributed by atoms with Crippen molar-refractivity contribution >= 4 is 21.8 Å². The predicted molar refractivity (Wildman–Crippen MR) is 41.4 cm³/mol.